The molecule has 2 aromatic heterocycles. The zero-order chi connectivity index (χ0) is 42.1. The quantitative estimate of drug-likeness (QED) is 0.142. The summed E-state index contributed by atoms with van der Waals surface area (Å²) in [5, 5.41) is 2.25. The molecule has 60 heavy (non-hydrogen) atoms. The Kier molecular flexibility index (Phi) is 11.4. The third-order valence-corrected chi connectivity index (χ3v) is 12.5. The summed E-state index contributed by atoms with van der Waals surface area (Å²) >= 11 is 0. The van der Waals surface area contributed by atoms with E-state index in [1.54, 1.807) is 0 Å². The van der Waals surface area contributed by atoms with Gasteiger partial charge in [-0.25, -0.2) is 4.98 Å². The average molecular weight is 975 g/mol. The molecule has 0 saturated heterocycles. The van der Waals surface area contributed by atoms with Gasteiger partial charge in [0, 0.05) is 61.3 Å². The summed E-state index contributed by atoms with van der Waals surface area (Å²) in [6, 6.07) is 44.7. The van der Waals surface area contributed by atoms with Crippen molar-refractivity contribution in [3.63, 3.8) is 0 Å². The molecule has 5 nitrogen and oxygen atoms in total. The smallest absolute Gasteiger partial charge is 0.135 e. The second-order valence-electron chi connectivity index (χ2n) is 19.7. The van der Waals surface area contributed by atoms with Crippen molar-refractivity contribution in [2.45, 2.75) is 118 Å². The fourth-order valence-electron chi connectivity index (χ4n) is 8.16. The predicted octanol–water partition coefficient (Wildman–Crippen LogP) is 14.9. The maximum Gasteiger partial charge on any atom is 0.135 e. The van der Waals surface area contributed by atoms with Crippen LogP contribution in [-0.4, -0.2) is 9.55 Å². The van der Waals surface area contributed by atoms with E-state index in [0.717, 1.165) is 68.8 Å². The summed E-state index contributed by atoms with van der Waals surface area (Å²) < 4.78 is 9.05. The van der Waals surface area contributed by atoms with Crippen LogP contribution in [0.3, 0.4) is 0 Å². The Morgan fingerprint density at radius 3 is 1.98 bits per heavy atom. The Hall–Kier alpha value is -4.86. The topological polar surface area (TPSA) is 33.5 Å². The number of anilines is 4. The Balaban J connectivity index is 0.00000544. The minimum atomic E-state index is -0.150. The molecule has 0 radical (unpaired) electrons. The first-order chi connectivity index (χ1) is 27.9. The Morgan fingerprint density at radius 1 is 0.583 bits per heavy atom. The van der Waals surface area contributed by atoms with E-state index in [0.29, 0.717) is 11.5 Å². The Labute approximate surface area is 373 Å². The van der Waals surface area contributed by atoms with Gasteiger partial charge < -0.3 is 19.1 Å². The number of hydrogen-bond acceptors (Lipinski definition) is 4. The first kappa shape index (κ1) is 43.2. The maximum atomic E-state index is 6.83. The van der Waals surface area contributed by atoms with E-state index in [4.69, 9.17) is 9.72 Å². The van der Waals surface area contributed by atoms with E-state index < -0.39 is 0 Å². The van der Waals surface area contributed by atoms with Gasteiger partial charge >= 0.3 is 0 Å². The van der Waals surface area contributed by atoms with E-state index in [2.05, 4.69) is 213 Å². The van der Waals surface area contributed by atoms with Crippen LogP contribution in [-0.2, 0) is 42.7 Å². The van der Waals surface area contributed by atoms with E-state index >= 15 is 0 Å². The zero-order valence-electron chi connectivity index (χ0n) is 37.4. The van der Waals surface area contributed by atoms with Crippen LogP contribution in [0.1, 0.15) is 118 Å². The number of nitrogens with zero attached hydrogens (tertiary/aromatic N) is 4. The molecule has 5 aromatic carbocycles. The van der Waals surface area contributed by atoms with Crippen LogP contribution in [0.5, 0.6) is 11.5 Å². The molecule has 0 saturated carbocycles. The Morgan fingerprint density at radius 2 is 1.28 bits per heavy atom. The molecule has 0 atom stereocenters. The minimum absolute atomic E-state index is 0. The molecule has 0 spiro atoms. The van der Waals surface area contributed by atoms with Gasteiger partial charge in [-0.2, -0.15) is 6.07 Å². The molecule has 0 N–H and O–H groups in total. The van der Waals surface area contributed by atoms with Gasteiger partial charge in [-0.1, -0.05) is 125 Å². The average Bonchev–Trinajstić information content (AvgIpc) is 3.75. The number of hydrogen-bond donors (Lipinski definition) is 0. The molecule has 1 aliphatic heterocycles. The van der Waals surface area contributed by atoms with Gasteiger partial charge in [-0.05, 0) is 99.0 Å². The van der Waals surface area contributed by atoms with Crippen molar-refractivity contribution in [1.29, 1.82) is 0 Å². The monoisotopic (exact) mass is 974 g/mol. The van der Waals surface area contributed by atoms with Crippen molar-refractivity contribution in [3.05, 3.63) is 150 Å². The van der Waals surface area contributed by atoms with Crippen LogP contribution in [0.15, 0.2) is 109 Å². The van der Waals surface area contributed by atoms with Crippen LogP contribution in [0.4, 0.5) is 22.7 Å². The van der Waals surface area contributed by atoms with Gasteiger partial charge in [0.25, 0.3) is 0 Å². The normalized spacial score (nSPS) is 13.5. The van der Waals surface area contributed by atoms with Gasteiger partial charge in [-0.3, -0.25) is 0 Å². The number of para-hydroxylation sites is 1. The van der Waals surface area contributed by atoms with Crippen LogP contribution in [0.25, 0.3) is 27.6 Å². The first-order valence-corrected chi connectivity index (χ1v) is 21.2. The summed E-state index contributed by atoms with van der Waals surface area (Å²) in [5.41, 5.74) is 11.3. The maximum absolute atomic E-state index is 6.83. The summed E-state index contributed by atoms with van der Waals surface area (Å²) in [7, 11) is 0. The fourth-order valence-corrected chi connectivity index (χ4v) is 8.16. The van der Waals surface area contributed by atoms with Gasteiger partial charge in [0.05, 0.1) is 0 Å². The van der Waals surface area contributed by atoms with E-state index in [-0.39, 0.29) is 42.7 Å². The van der Waals surface area contributed by atoms with Gasteiger partial charge in [0.1, 0.15) is 5.82 Å². The molecule has 7 aromatic rings. The molecule has 0 unspecified atom stereocenters. The molecule has 3 heterocycles. The largest absolute Gasteiger partial charge is 0.509 e. The van der Waals surface area contributed by atoms with E-state index in [1.165, 1.54) is 16.7 Å². The van der Waals surface area contributed by atoms with Crippen LogP contribution in [0.2, 0.25) is 0 Å². The molecule has 8 rings (SSSR count). The molecule has 0 bridgehead atoms. The van der Waals surface area contributed by atoms with Crippen molar-refractivity contribution in [1.82, 2.24) is 9.55 Å². The number of ether oxygens (including phenoxy) is 1. The van der Waals surface area contributed by atoms with Crippen LogP contribution >= 0.6 is 0 Å². The minimum Gasteiger partial charge on any atom is -0.509 e. The standard InChI is InChI=1S/C54H59N4O.Pt/c1-13-54(12,14-2)38-22-25-47-49(31-38)56(40-19-17-18-36(28-40)51(3,4)5)35-57(47)41-29-39(53(9,10)11)30-43(33-41)59-42-23-24-45-44-20-15-16-21-46(44)58(48(45)34-42)50-32-37(26-27-55-50)52(6,7)8;/h15-32,35H,13-14H2,1-12H3;/q-3;. The molecule has 314 valence electrons. The van der Waals surface area contributed by atoms with E-state index in [1.807, 2.05) is 12.3 Å². The molecule has 1 aliphatic rings. The predicted molar refractivity (Wildman–Crippen MR) is 248 cm³/mol. The first-order valence-electron chi connectivity index (χ1n) is 21.2. The van der Waals surface area contributed by atoms with Gasteiger partial charge in [0.15, 0.2) is 0 Å². The second-order valence-corrected chi connectivity index (χ2v) is 19.7. The van der Waals surface area contributed by atoms with Crippen molar-refractivity contribution >= 4 is 44.6 Å². The number of pyridine rings is 1. The third-order valence-electron chi connectivity index (χ3n) is 12.5. The summed E-state index contributed by atoms with van der Waals surface area (Å²) in [4.78, 5) is 9.50. The summed E-state index contributed by atoms with van der Waals surface area (Å²) in [5.74, 6) is 2.13. The second kappa shape index (κ2) is 15.9. The van der Waals surface area contributed by atoms with Crippen molar-refractivity contribution in [2.75, 3.05) is 9.80 Å². The SMILES string of the molecule is CCC(C)(CC)c1ccc2c(c1)N(c1cccc(C(C)(C)C)c1)[CH-]N2c1[c-]c(Oc2[c-]c3c(cc2)c2ccccc2n3-c2cc(C(C)(C)C)ccn2)cc(C(C)(C)C)c1.[Pt]. The number of rotatable bonds is 8. The summed E-state index contributed by atoms with van der Waals surface area (Å²) in [6.07, 6.45) is 4.05. The molecule has 0 aliphatic carbocycles. The fraction of sp³-hybridized carbons (Fsp3) is 0.333. The van der Waals surface area contributed by atoms with Gasteiger partial charge in [0.2, 0.25) is 0 Å². The molecular formula is C54H59N4OPt-3. The molecular weight excluding hydrogens is 916 g/mol. The summed E-state index contributed by atoms with van der Waals surface area (Å²) in [6.45, 7) is 29.5. The number of benzene rings is 5. The molecule has 0 fully saturated rings. The van der Waals surface area contributed by atoms with Crippen LogP contribution < -0.4 is 14.5 Å². The van der Waals surface area contributed by atoms with Crippen molar-refractivity contribution in [3.8, 4) is 17.3 Å². The van der Waals surface area contributed by atoms with Crippen molar-refractivity contribution < 1.29 is 25.8 Å². The zero-order valence-corrected chi connectivity index (χ0v) is 39.7. The molecule has 0 amide bonds. The number of fused-ring (bicyclic) bond motifs is 4. The molecule has 6 heteroatoms. The van der Waals surface area contributed by atoms with E-state index in [9.17, 15) is 0 Å². The Bertz CT molecular complexity index is 2680. The van der Waals surface area contributed by atoms with Crippen molar-refractivity contribution in [2.24, 2.45) is 0 Å². The third kappa shape index (κ3) is 8.03. The van der Waals surface area contributed by atoms with Gasteiger partial charge in [-0.15, -0.1) is 53.6 Å². The van der Waals surface area contributed by atoms with Crippen LogP contribution in [0, 0.1) is 18.8 Å². The number of aromatic nitrogens is 2.